The van der Waals surface area contributed by atoms with E-state index in [1.165, 1.54) is 26.4 Å². The van der Waals surface area contributed by atoms with Crippen LogP contribution in [-0.2, 0) is 16.4 Å². The summed E-state index contributed by atoms with van der Waals surface area (Å²) < 4.78 is 39.0. The van der Waals surface area contributed by atoms with Gasteiger partial charge in [0, 0.05) is 0 Å². The third-order valence-corrected chi connectivity index (χ3v) is 7.10. The van der Waals surface area contributed by atoms with E-state index in [9.17, 15) is 13.2 Å². The van der Waals surface area contributed by atoms with E-state index in [0.29, 0.717) is 0 Å². The molecule has 0 bridgehead atoms. The highest BCUT2D eigenvalue weighted by molar-refractivity contribution is 7.93. The quantitative estimate of drug-likeness (QED) is 0.422. The van der Waals surface area contributed by atoms with Gasteiger partial charge in [0.05, 0.1) is 24.8 Å². The predicted octanol–water partition coefficient (Wildman–Crippen LogP) is 5.39. The Morgan fingerprint density at radius 1 is 0.879 bits per heavy atom. The van der Waals surface area contributed by atoms with Crippen LogP contribution in [0.5, 0.6) is 11.5 Å². The van der Waals surface area contributed by atoms with Crippen LogP contribution in [0.15, 0.2) is 71.6 Å². The summed E-state index contributed by atoms with van der Waals surface area (Å²) >= 11 is 0. The summed E-state index contributed by atoms with van der Waals surface area (Å²) in [6, 6.07) is 18.3. The maximum atomic E-state index is 13.8. The van der Waals surface area contributed by atoms with Crippen LogP contribution in [0.4, 0.5) is 5.69 Å². The molecule has 0 radical (unpaired) electrons. The molecule has 0 unspecified atom stereocenters. The fraction of sp³-hybridized carbons (Fsp3) is 0.269. The molecule has 174 valence electrons. The first-order valence-electron chi connectivity index (χ1n) is 10.8. The van der Waals surface area contributed by atoms with Gasteiger partial charge in [-0.1, -0.05) is 49.2 Å². The Morgan fingerprint density at radius 3 is 1.97 bits per heavy atom. The van der Waals surface area contributed by atoms with E-state index in [4.69, 9.17) is 9.47 Å². The monoisotopic (exact) mass is 467 g/mol. The van der Waals surface area contributed by atoms with Crippen molar-refractivity contribution in [3.05, 3.63) is 83.4 Å². The number of ether oxygens (including phenoxy) is 2. The van der Waals surface area contributed by atoms with Gasteiger partial charge in [0.2, 0.25) is 0 Å². The first-order valence-corrected chi connectivity index (χ1v) is 12.2. The second-order valence-corrected chi connectivity index (χ2v) is 9.48. The Balaban J connectivity index is 2.18. The van der Waals surface area contributed by atoms with E-state index in [-0.39, 0.29) is 27.6 Å². The van der Waals surface area contributed by atoms with Crippen molar-refractivity contribution in [2.45, 2.75) is 38.0 Å². The van der Waals surface area contributed by atoms with E-state index in [0.717, 1.165) is 34.7 Å². The second-order valence-electron chi connectivity index (χ2n) is 7.70. The van der Waals surface area contributed by atoms with Gasteiger partial charge in [0.25, 0.3) is 15.9 Å². The lowest BCUT2D eigenvalue weighted by Gasteiger charge is -2.24. The average molecular weight is 468 g/mol. The molecule has 0 atom stereocenters. The highest BCUT2D eigenvalue weighted by atomic mass is 32.2. The first-order chi connectivity index (χ1) is 15.8. The van der Waals surface area contributed by atoms with Crippen molar-refractivity contribution < 1.29 is 22.7 Å². The van der Waals surface area contributed by atoms with Crippen LogP contribution in [0.1, 0.15) is 41.3 Å². The minimum absolute atomic E-state index is 0.0189. The maximum Gasteiger partial charge on any atom is 0.279 e. The van der Waals surface area contributed by atoms with E-state index in [2.05, 4.69) is 6.92 Å². The first kappa shape index (κ1) is 24.3. The SMILES string of the molecule is CCCCc1ccc(N(C(=O)c2c(OC)cccc2OC)S(=O)(=O)c2ccc(C)cc2)cc1. The molecule has 0 saturated carbocycles. The molecule has 3 aromatic rings. The molecule has 0 aliphatic heterocycles. The molecule has 0 fully saturated rings. The number of hydrogen-bond acceptors (Lipinski definition) is 5. The number of aryl methyl sites for hydroxylation is 2. The number of methoxy groups -OCH3 is 2. The molecule has 3 rings (SSSR count). The van der Waals surface area contributed by atoms with Gasteiger partial charge in [0.1, 0.15) is 17.1 Å². The Hall–Kier alpha value is -3.32. The van der Waals surface area contributed by atoms with Crippen molar-refractivity contribution in [2.24, 2.45) is 0 Å². The maximum absolute atomic E-state index is 13.8. The summed E-state index contributed by atoms with van der Waals surface area (Å²) in [7, 11) is -1.38. The molecule has 0 saturated heterocycles. The second kappa shape index (κ2) is 10.5. The van der Waals surface area contributed by atoms with Gasteiger partial charge < -0.3 is 9.47 Å². The number of amides is 1. The van der Waals surface area contributed by atoms with Crippen molar-refractivity contribution in [2.75, 3.05) is 18.5 Å². The molecular weight excluding hydrogens is 438 g/mol. The van der Waals surface area contributed by atoms with Gasteiger partial charge in [-0.3, -0.25) is 4.79 Å². The molecule has 33 heavy (non-hydrogen) atoms. The average Bonchev–Trinajstić information content (AvgIpc) is 2.83. The van der Waals surface area contributed by atoms with Crippen molar-refractivity contribution in [3.63, 3.8) is 0 Å². The summed E-state index contributed by atoms with van der Waals surface area (Å²) in [5, 5.41) is 0. The largest absolute Gasteiger partial charge is 0.496 e. The number of nitrogens with zero attached hydrogens (tertiary/aromatic N) is 1. The van der Waals surface area contributed by atoms with Gasteiger partial charge in [-0.25, -0.2) is 8.42 Å². The fourth-order valence-corrected chi connectivity index (χ4v) is 4.92. The third kappa shape index (κ3) is 5.20. The van der Waals surface area contributed by atoms with Crippen LogP contribution in [0.3, 0.4) is 0 Å². The molecule has 0 aliphatic carbocycles. The molecule has 0 aliphatic rings. The molecule has 6 nitrogen and oxygen atoms in total. The molecule has 0 N–H and O–H groups in total. The number of benzene rings is 3. The Morgan fingerprint density at radius 2 is 1.45 bits per heavy atom. The number of unbranched alkanes of at least 4 members (excludes halogenated alkanes) is 1. The zero-order valence-corrected chi connectivity index (χ0v) is 20.2. The van der Waals surface area contributed by atoms with Crippen LogP contribution in [-0.4, -0.2) is 28.5 Å². The zero-order chi connectivity index (χ0) is 24.0. The summed E-state index contributed by atoms with van der Waals surface area (Å²) in [4.78, 5) is 13.9. The van der Waals surface area contributed by atoms with E-state index in [1.54, 1.807) is 42.5 Å². The number of hydrogen-bond donors (Lipinski definition) is 0. The van der Waals surface area contributed by atoms with Crippen LogP contribution in [0, 0.1) is 6.92 Å². The number of anilines is 1. The van der Waals surface area contributed by atoms with Crippen LogP contribution in [0.2, 0.25) is 0 Å². The highest BCUT2D eigenvalue weighted by Gasteiger charge is 2.35. The number of carbonyl (C=O) groups excluding carboxylic acids is 1. The molecular formula is C26H29NO5S. The number of rotatable bonds is 9. The molecule has 0 heterocycles. The highest BCUT2D eigenvalue weighted by Crippen LogP contribution is 2.34. The molecule has 7 heteroatoms. The van der Waals surface area contributed by atoms with Gasteiger partial charge >= 0.3 is 0 Å². The van der Waals surface area contributed by atoms with Gasteiger partial charge in [-0.05, 0) is 61.7 Å². The van der Waals surface area contributed by atoms with Crippen LogP contribution < -0.4 is 13.8 Å². The van der Waals surface area contributed by atoms with Crippen LogP contribution >= 0.6 is 0 Å². The lowest BCUT2D eigenvalue weighted by atomic mass is 10.1. The summed E-state index contributed by atoms with van der Waals surface area (Å²) in [5.74, 6) is -0.308. The van der Waals surface area contributed by atoms with Gasteiger partial charge in [-0.2, -0.15) is 4.31 Å². The smallest absolute Gasteiger partial charge is 0.279 e. The summed E-state index contributed by atoms with van der Waals surface area (Å²) in [6.07, 6.45) is 2.97. The van der Waals surface area contributed by atoms with Gasteiger partial charge in [0.15, 0.2) is 0 Å². The van der Waals surface area contributed by atoms with Crippen molar-refractivity contribution in [1.29, 1.82) is 0 Å². The fourth-order valence-electron chi connectivity index (χ4n) is 3.52. The summed E-state index contributed by atoms with van der Waals surface area (Å²) in [5.41, 5.74) is 2.27. The Kier molecular flexibility index (Phi) is 7.76. The van der Waals surface area contributed by atoms with E-state index in [1.807, 2.05) is 19.1 Å². The Bertz CT molecular complexity index is 1180. The van der Waals surface area contributed by atoms with Crippen LogP contribution in [0.25, 0.3) is 0 Å². The molecule has 0 spiro atoms. The zero-order valence-electron chi connectivity index (χ0n) is 19.4. The lowest BCUT2D eigenvalue weighted by molar-refractivity contribution is 0.0999. The van der Waals surface area contributed by atoms with Gasteiger partial charge in [-0.15, -0.1) is 0 Å². The number of sulfonamides is 1. The molecule has 3 aromatic carbocycles. The van der Waals surface area contributed by atoms with E-state index < -0.39 is 15.9 Å². The standard InChI is InChI=1S/C26H29NO5S/c1-5-6-8-20-13-15-21(16-14-20)27(33(29,30)22-17-11-19(2)12-18-22)26(28)25-23(31-3)9-7-10-24(25)32-4/h7,9-18H,5-6,8H2,1-4H3. The molecule has 0 aromatic heterocycles. The lowest BCUT2D eigenvalue weighted by Crippen LogP contribution is -2.37. The normalized spacial score (nSPS) is 11.2. The minimum Gasteiger partial charge on any atom is -0.496 e. The molecule has 1 amide bonds. The topological polar surface area (TPSA) is 72.9 Å². The predicted molar refractivity (Wildman–Crippen MR) is 130 cm³/mol. The summed E-state index contributed by atoms with van der Waals surface area (Å²) in [6.45, 7) is 3.98. The van der Waals surface area contributed by atoms with Crippen molar-refractivity contribution >= 4 is 21.6 Å². The van der Waals surface area contributed by atoms with Crippen molar-refractivity contribution in [1.82, 2.24) is 0 Å². The minimum atomic E-state index is -4.23. The van der Waals surface area contributed by atoms with Crippen molar-refractivity contribution in [3.8, 4) is 11.5 Å². The third-order valence-electron chi connectivity index (χ3n) is 5.38. The van der Waals surface area contributed by atoms with E-state index >= 15 is 0 Å². The Labute approximate surface area is 195 Å². The number of carbonyl (C=O) groups is 1.